The van der Waals surface area contributed by atoms with Crippen LogP contribution in [0.25, 0.3) is 11.0 Å². The topological polar surface area (TPSA) is 241 Å². The average molecular weight is 917 g/mol. The molecule has 18 heteroatoms. The second-order valence-electron chi connectivity index (χ2n) is 18.7. The lowest BCUT2D eigenvalue weighted by atomic mass is 9.79. The van der Waals surface area contributed by atoms with Crippen molar-refractivity contribution in [3.63, 3.8) is 0 Å². The van der Waals surface area contributed by atoms with Crippen molar-refractivity contribution in [2.45, 2.75) is 140 Å². The number of rotatable bonds is 14. The van der Waals surface area contributed by atoms with Crippen molar-refractivity contribution in [3.05, 3.63) is 68.6 Å². The average Bonchev–Trinajstić information content (AvgIpc) is 3.81. The third kappa shape index (κ3) is 10.6. The largest absolute Gasteiger partial charge is 0.370 e. The van der Waals surface area contributed by atoms with E-state index in [1.165, 1.54) is 9.47 Å². The van der Waals surface area contributed by atoms with Crippen LogP contribution in [-0.2, 0) is 53.6 Å². The van der Waals surface area contributed by atoms with Crippen LogP contribution in [0.2, 0.25) is 5.02 Å². The molecule has 4 aliphatic rings. The van der Waals surface area contributed by atoms with Crippen molar-refractivity contribution in [2.75, 3.05) is 13.1 Å². The van der Waals surface area contributed by atoms with Gasteiger partial charge in [0.2, 0.25) is 41.4 Å². The third-order valence-corrected chi connectivity index (χ3v) is 14.4. The van der Waals surface area contributed by atoms with E-state index < -0.39 is 53.7 Å². The lowest BCUT2D eigenvalue weighted by Gasteiger charge is -2.39. The zero-order chi connectivity index (χ0) is 46.7. The van der Waals surface area contributed by atoms with Crippen molar-refractivity contribution >= 4 is 64.0 Å². The van der Waals surface area contributed by atoms with Crippen LogP contribution in [0.5, 0.6) is 0 Å². The summed E-state index contributed by atoms with van der Waals surface area (Å²) in [5.74, 6) is -2.35. The molecule has 350 valence electrons. The molecular formula is C47H62ClN9O8. The molecule has 7 amide bonds. The number of carbonyl (C=O) groups is 7. The SMILES string of the molecule is CC(C)c1ccc(CNC(=O)[C@H](CCC(N)=O)NC(=O)[C@@H]2CC[C@@H]3CCN(C(=O)[C@H]4CC[C@@H](CCc5ccc6c(c5)n(C)c(=O)n6C5CCC(=O)NC5=O)CC4)C[C@H](N)C(=O)N32)c(Cl)c1. The normalized spacial score (nSPS) is 24.3. The molecule has 4 fully saturated rings. The fraction of sp³-hybridized carbons (Fsp3) is 0.574. The number of carbonyl (C=O) groups excluding carboxylic acids is 7. The Morgan fingerprint density at radius 1 is 0.923 bits per heavy atom. The highest BCUT2D eigenvalue weighted by Crippen LogP contribution is 2.35. The second kappa shape index (κ2) is 20.3. The Labute approximate surface area is 383 Å². The number of piperidine rings is 1. The van der Waals surface area contributed by atoms with Crippen LogP contribution in [0.4, 0.5) is 0 Å². The number of fused-ring (bicyclic) bond motifs is 2. The molecule has 17 nitrogen and oxygen atoms in total. The van der Waals surface area contributed by atoms with E-state index in [-0.39, 0.29) is 74.2 Å². The van der Waals surface area contributed by atoms with Gasteiger partial charge in [-0.05, 0) is 117 Å². The first-order valence-corrected chi connectivity index (χ1v) is 23.4. The zero-order valence-electron chi connectivity index (χ0n) is 37.5. The van der Waals surface area contributed by atoms with Crippen LogP contribution in [0.1, 0.15) is 120 Å². The van der Waals surface area contributed by atoms with Gasteiger partial charge in [0.15, 0.2) is 0 Å². The van der Waals surface area contributed by atoms with Gasteiger partial charge in [-0.3, -0.25) is 48.0 Å². The summed E-state index contributed by atoms with van der Waals surface area (Å²) in [5, 5.41) is 8.46. The van der Waals surface area contributed by atoms with Gasteiger partial charge in [0.1, 0.15) is 24.2 Å². The number of imide groups is 1. The fourth-order valence-corrected chi connectivity index (χ4v) is 10.4. The molecule has 7 N–H and O–H groups in total. The molecule has 1 unspecified atom stereocenters. The van der Waals surface area contributed by atoms with Crippen molar-refractivity contribution < 1.29 is 33.6 Å². The van der Waals surface area contributed by atoms with Gasteiger partial charge in [0.25, 0.3) is 0 Å². The first-order valence-electron chi connectivity index (χ1n) is 23.0. The van der Waals surface area contributed by atoms with E-state index in [0.717, 1.165) is 55.2 Å². The van der Waals surface area contributed by atoms with E-state index in [1.807, 2.05) is 36.4 Å². The van der Waals surface area contributed by atoms with Crippen LogP contribution in [0.3, 0.4) is 0 Å². The molecule has 5 atom stereocenters. The molecule has 0 radical (unpaired) electrons. The summed E-state index contributed by atoms with van der Waals surface area (Å²) in [7, 11) is 1.69. The number of nitrogens with one attached hydrogen (secondary N) is 3. The molecule has 1 aromatic heterocycles. The first-order chi connectivity index (χ1) is 31.0. The maximum atomic E-state index is 14.0. The Morgan fingerprint density at radius 2 is 1.68 bits per heavy atom. The number of imidazole rings is 1. The van der Waals surface area contributed by atoms with Crippen molar-refractivity contribution in [3.8, 4) is 0 Å². The molecule has 0 spiro atoms. The van der Waals surface area contributed by atoms with E-state index in [0.29, 0.717) is 47.8 Å². The van der Waals surface area contributed by atoms with Gasteiger partial charge in [-0.25, -0.2) is 4.79 Å². The van der Waals surface area contributed by atoms with Gasteiger partial charge >= 0.3 is 5.69 Å². The molecule has 3 aliphatic heterocycles. The number of aromatic nitrogens is 2. The fourth-order valence-electron chi connectivity index (χ4n) is 10.2. The van der Waals surface area contributed by atoms with E-state index in [2.05, 4.69) is 29.8 Å². The Hall–Kier alpha value is -5.55. The number of hydrogen-bond donors (Lipinski definition) is 5. The highest BCUT2D eigenvalue weighted by molar-refractivity contribution is 6.31. The van der Waals surface area contributed by atoms with Crippen LogP contribution >= 0.6 is 11.6 Å². The number of nitrogens with zero attached hydrogens (tertiary/aromatic N) is 4. The quantitative estimate of drug-likeness (QED) is 0.149. The predicted octanol–water partition coefficient (Wildman–Crippen LogP) is 2.82. The summed E-state index contributed by atoms with van der Waals surface area (Å²) >= 11 is 6.49. The van der Waals surface area contributed by atoms with Crippen LogP contribution < -0.4 is 33.1 Å². The van der Waals surface area contributed by atoms with Gasteiger partial charge in [0, 0.05) is 56.5 Å². The lowest BCUT2D eigenvalue weighted by molar-refractivity contribution is -0.146. The third-order valence-electron chi connectivity index (χ3n) is 14.1. The summed E-state index contributed by atoms with van der Waals surface area (Å²) in [4.78, 5) is 108. The Kier molecular flexibility index (Phi) is 14.8. The van der Waals surface area contributed by atoms with Crippen LogP contribution in [-0.4, -0.2) is 97.5 Å². The van der Waals surface area contributed by atoms with Crippen molar-refractivity contribution in [1.82, 2.24) is 34.9 Å². The number of benzene rings is 2. The lowest BCUT2D eigenvalue weighted by Crippen LogP contribution is -2.60. The maximum absolute atomic E-state index is 14.0. The number of hydrogen-bond acceptors (Lipinski definition) is 9. The molecular weight excluding hydrogens is 854 g/mol. The van der Waals surface area contributed by atoms with E-state index >= 15 is 0 Å². The van der Waals surface area contributed by atoms with E-state index in [9.17, 15) is 38.4 Å². The molecule has 7 rings (SSSR count). The minimum atomic E-state index is -1.09. The first kappa shape index (κ1) is 47.4. The molecule has 2 aromatic carbocycles. The summed E-state index contributed by atoms with van der Waals surface area (Å²) in [5.41, 5.74) is 15.8. The molecule has 3 aromatic rings. The summed E-state index contributed by atoms with van der Waals surface area (Å²) in [6, 6.07) is 7.46. The summed E-state index contributed by atoms with van der Waals surface area (Å²) in [6.07, 6.45) is 6.59. The Bertz CT molecular complexity index is 2400. The molecule has 1 saturated carbocycles. The maximum Gasteiger partial charge on any atom is 0.329 e. The molecule has 1 aliphatic carbocycles. The second-order valence-corrected chi connectivity index (χ2v) is 19.1. The number of nitrogens with two attached hydrogens (primary N) is 2. The van der Waals surface area contributed by atoms with E-state index in [1.54, 1.807) is 16.5 Å². The molecule has 4 heterocycles. The zero-order valence-corrected chi connectivity index (χ0v) is 38.2. The minimum Gasteiger partial charge on any atom is -0.370 e. The van der Waals surface area contributed by atoms with Gasteiger partial charge in [-0.2, -0.15) is 0 Å². The van der Waals surface area contributed by atoms with Crippen LogP contribution in [0, 0.1) is 11.8 Å². The smallest absolute Gasteiger partial charge is 0.329 e. The Balaban J connectivity index is 0.906. The van der Waals surface area contributed by atoms with E-state index in [4.69, 9.17) is 23.1 Å². The van der Waals surface area contributed by atoms with Gasteiger partial charge < -0.3 is 31.9 Å². The molecule has 0 bridgehead atoms. The van der Waals surface area contributed by atoms with Crippen LogP contribution in [0.15, 0.2) is 41.2 Å². The summed E-state index contributed by atoms with van der Waals surface area (Å²) in [6.45, 7) is 4.65. The number of halogens is 1. The molecule has 3 saturated heterocycles. The monoisotopic (exact) mass is 915 g/mol. The number of primary amides is 1. The number of amides is 7. The van der Waals surface area contributed by atoms with Crippen molar-refractivity contribution in [1.29, 1.82) is 0 Å². The number of aryl methyl sites for hydroxylation is 2. The van der Waals surface area contributed by atoms with Gasteiger partial charge in [-0.15, -0.1) is 0 Å². The standard InChI is InChI=1S/C47H62ClN9O8/c1-26(2)30-11-12-31(33(48)23-30)24-51-42(60)35(14-18-40(50)58)52-43(61)37-16-13-32-20-21-55(25-34(49)46(64)56(32)37)45(63)29-9-6-27(7-10-29)4-5-28-8-15-36-39(22-28)54(3)47(65)57(36)38-17-19-41(59)53-44(38)62/h8,11-12,15,22-23,26-27,29,32,34-35,37-38H,4-7,9-10,13-14,16-21,24-25,49H2,1-3H3,(H2,50,58)(H,51,60)(H,52,61)(H,53,59,62)/t27-,29+,32-,34+,35+,37+,38?/m1/s1. The van der Waals surface area contributed by atoms with Gasteiger partial charge in [-0.1, -0.05) is 43.6 Å². The highest BCUT2D eigenvalue weighted by atomic mass is 35.5. The Morgan fingerprint density at radius 3 is 2.37 bits per heavy atom. The molecule has 65 heavy (non-hydrogen) atoms. The van der Waals surface area contributed by atoms with Crippen molar-refractivity contribution in [2.24, 2.45) is 30.4 Å². The summed E-state index contributed by atoms with van der Waals surface area (Å²) < 4.78 is 3.03. The minimum absolute atomic E-state index is 0.000193. The van der Waals surface area contributed by atoms with Gasteiger partial charge in [0.05, 0.1) is 11.0 Å². The highest BCUT2D eigenvalue weighted by Gasteiger charge is 2.45. The predicted molar refractivity (Wildman–Crippen MR) is 243 cm³/mol.